The Kier molecular flexibility index (Phi) is 3.77. The van der Waals surface area contributed by atoms with Crippen LogP contribution in [0.3, 0.4) is 0 Å². The molecule has 1 heterocycles. The minimum absolute atomic E-state index is 0.357. The first kappa shape index (κ1) is 12.4. The van der Waals surface area contributed by atoms with Gasteiger partial charge in [-0.3, -0.25) is 0 Å². The molecule has 1 aromatic heterocycles. The normalized spacial score (nSPS) is 10.3. The summed E-state index contributed by atoms with van der Waals surface area (Å²) < 4.78 is 6.82. The summed E-state index contributed by atoms with van der Waals surface area (Å²) in [6.45, 7) is 4.63. The lowest BCUT2D eigenvalue weighted by atomic mass is 10.2. The molecule has 18 heavy (non-hydrogen) atoms. The third-order valence-electron chi connectivity index (χ3n) is 2.55. The zero-order valence-corrected chi connectivity index (χ0v) is 10.6. The van der Waals surface area contributed by atoms with Gasteiger partial charge in [0.15, 0.2) is 0 Å². The molecule has 2 aromatic rings. The van der Waals surface area contributed by atoms with Crippen LogP contribution in [0.2, 0.25) is 0 Å². The first-order chi connectivity index (χ1) is 8.70. The number of aryl methyl sites for hydroxylation is 1. The highest BCUT2D eigenvalue weighted by Gasteiger charge is 2.15. The molecule has 0 saturated heterocycles. The fourth-order valence-electron chi connectivity index (χ4n) is 1.81. The highest BCUT2D eigenvalue weighted by molar-refractivity contribution is 5.85. The first-order valence-electron chi connectivity index (χ1n) is 5.95. The van der Waals surface area contributed by atoms with Crippen molar-refractivity contribution in [2.45, 2.75) is 20.4 Å². The molecule has 0 saturated carbocycles. The van der Waals surface area contributed by atoms with Crippen LogP contribution in [-0.2, 0) is 11.3 Å². The summed E-state index contributed by atoms with van der Waals surface area (Å²) in [4.78, 5) is 16.0. The van der Waals surface area contributed by atoms with E-state index in [1.165, 1.54) is 0 Å². The van der Waals surface area contributed by atoms with Crippen LogP contribution in [0.1, 0.15) is 28.8 Å². The maximum Gasteiger partial charge on any atom is 0.374 e. The van der Waals surface area contributed by atoms with Gasteiger partial charge in [0.1, 0.15) is 0 Å². The molecule has 2 rings (SSSR count). The van der Waals surface area contributed by atoms with Gasteiger partial charge in [0.2, 0.25) is 5.82 Å². The third-order valence-corrected chi connectivity index (χ3v) is 2.55. The summed E-state index contributed by atoms with van der Waals surface area (Å²) >= 11 is 0. The molecule has 0 aliphatic heterocycles. The standard InChI is InChI=1S/C14H16N2O2/c1-3-18-14(17)13-15-11(2)9-16(13)10-12-7-5-4-6-8-12/h4-9H,3,10H2,1-2H3. The summed E-state index contributed by atoms with van der Waals surface area (Å²) in [5, 5.41) is 0. The van der Waals surface area contributed by atoms with E-state index in [0.717, 1.165) is 11.3 Å². The van der Waals surface area contributed by atoms with Gasteiger partial charge in [0, 0.05) is 12.7 Å². The lowest BCUT2D eigenvalue weighted by Crippen LogP contribution is -2.13. The zero-order valence-electron chi connectivity index (χ0n) is 10.6. The molecule has 0 amide bonds. The van der Waals surface area contributed by atoms with Crippen molar-refractivity contribution in [3.8, 4) is 0 Å². The fourth-order valence-corrected chi connectivity index (χ4v) is 1.81. The van der Waals surface area contributed by atoms with E-state index in [-0.39, 0.29) is 5.97 Å². The van der Waals surface area contributed by atoms with Crippen LogP contribution >= 0.6 is 0 Å². The van der Waals surface area contributed by atoms with E-state index in [1.807, 2.05) is 48.0 Å². The summed E-state index contributed by atoms with van der Waals surface area (Å²) in [5.41, 5.74) is 1.94. The Morgan fingerprint density at radius 1 is 1.33 bits per heavy atom. The van der Waals surface area contributed by atoms with Crippen molar-refractivity contribution in [2.24, 2.45) is 0 Å². The quantitative estimate of drug-likeness (QED) is 0.776. The molecular formula is C14H16N2O2. The van der Waals surface area contributed by atoms with Gasteiger partial charge in [-0.1, -0.05) is 30.3 Å². The van der Waals surface area contributed by atoms with Crippen LogP contribution in [0.4, 0.5) is 0 Å². The summed E-state index contributed by atoms with van der Waals surface area (Å²) in [6.07, 6.45) is 1.86. The number of nitrogens with zero attached hydrogens (tertiary/aromatic N) is 2. The number of benzene rings is 1. The van der Waals surface area contributed by atoms with Crippen molar-refractivity contribution in [3.05, 3.63) is 53.6 Å². The third kappa shape index (κ3) is 2.77. The Balaban J connectivity index is 2.25. The molecule has 0 aliphatic carbocycles. The molecule has 4 heteroatoms. The average Bonchev–Trinajstić information content (AvgIpc) is 2.72. The van der Waals surface area contributed by atoms with E-state index in [9.17, 15) is 4.79 Å². The van der Waals surface area contributed by atoms with Gasteiger partial charge in [-0.15, -0.1) is 0 Å². The molecule has 0 aliphatic rings. The second kappa shape index (κ2) is 5.49. The Labute approximate surface area is 106 Å². The Bertz CT molecular complexity index is 532. The number of esters is 1. The van der Waals surface area contributed by atoms with Gasteiger partial charge in [-0.05, 0) is 19.4 Å². The highest BCUT2D eigenvalue weighted by Crippen LogP contribution is 2.09. The van der Waals surface area contributed by atoms with Gasteiger partial charge >= 0.3 is 5.97 Å². The molecule has 4 nitrogen and oxygen atoms in total. The maximum absolute atomic E-state index is 11.8. The number of imidazole rings is 1. The van der Waals surface area contributed by atoms with E-state index >= 15 is 0 Å². The molecule has 1 aromatic carbocycles. The lowest BCUT2D eigenvalue weighted by Gasteiger charge is -2.06. The number of hydrogen-bond acceptors (Lipinski definition) is 3. The van der Waals surface area contributed by atoms with Crippen LogP contribution in [0.15, 0.2) is 36.5 Å². The van der Waals surface area contributed by atoms with Gasteiger partial charge < -0.3 is 9.30 Å². The van der Waals surface area contributed by atoms with Crippen molar-refractivity contribution in [1.82, 2.24) is 9.55 Å². The van der Waals surface area contributed by atoms with Crippen molar-refractivity contribution < 1.29 is 9.53 Å². The number of carbonyl (C=O) groups is 1. The van der Waals surface area contributed by atoms with Crippen molar-refractivity contribution >= 4 is 5.97 Å². The Hall–Kier alpha value is -2.10. The van der Waals surface area contributed by atoms with Crippen LogP contribution in [0, 0.1) is 6.92 Å². The average molecular weight is 244 g/mol. The second-order valence-electron chi connectivity index (χ2n) is 4.04. The molecule has 0 radical (unpaired) electrons. The predicted octanol–water partition coefficient (Wildman–Crippen LogP) is 2.42. The van der Waals surface area contributed by atoms with E-state index < -0.39 is 0 Å². The van der Waals surface area contributed by atoms with Gasteiger partial charge in [-0.2, -0.15) is 0 Å². The highest BCUT2D eigenvalue weighted by atomic mass is 16.5. The summed E-state index contributed by atoms with van der Waals surface area (Å²) in [5.74, 6) is -0.0141. The Morgan fingerprint density at radius 3 is 2.72 bits per heavy atom. The van der Waals surface area contributed by atoms with E-state index in [0.29, 0.717) is 19.0 Å². The van der Waals surface area contributed by atoms with Crippen molar-refractivity contribution in [3.63, 3.8) is 0 Å². The van der Waals surface area contributed by atoms with Gasteiger partial charge in [0.25, 0.3) is 0 Å². The van der Waals surface area contributed by atoms with E-state index in [1.54, 1.807) is 6.92 Å². The molecule has 0 N–H and O–H groups in total. The number of ether oxygens (including phenoxy) is 1. The largest absolute Gasteiger partial charge is 0.460 e. The molecule has 0 fully saturated rings. The number of hydrogen-bond donors (Lipinski definition) is 0. The molecule has 0 atom stereocenters. The molecular weight excluding hydrogens is 228 g/mol. The molecule has 0 unspecified atom stereocenters. The van der Waals surface area contributed by atoms with Crippen LogP contribution in [0.5, 0.6) is 0 Å². The second-order valence-corrected chi connectivity index (χ2v) is 4.04. The van der Waals surface area contributed by atoms with E-state index in [4.69, 9.17) is 4.74 Å². The van der Waals surface area contributed by atoms with Crippen LogP contribution in [0.25, 0.3) is 0 Å². The monoisotopic (exact) mass is 244 g/mol. The minimum atomic E-state index is -0.374. The van der Waals surface area contributed by atoms with Crippen LogP contribution < -0.4 is 0 Å². The smallest absolute Gasteiger partial charge is 0.374 e. The minimum Gasteiger partial charge on any atom is -0.460 e. The number of aromatic nitrogens is 2. The first-order valence-corrected chi connectivity index (χ1v) is 5.95. The fraction of sp³-hybridized carbons (Fsp3) is 0.286. The summed E-state index contributed by atoms with van der Waals surface area (Å²) in [6, 6.07) is 9.95. The maximum atomic E-state index is 11.8. The topological polar surface area (TPSA) is 44.1 Å². The van der Waals surface area contributed by atoms with E-state index in [2.05, 4.69) is 4.98 Å². The van der Waals surface area contributed by atoms with Crippen LogP contribution in [-0.4, -0.2) is 22.1 Å². The summed E-state index contributed by atoms with van der Waals surface area (Å²) in [7, 11) is 0. The Morgan fingerprint density at radius 2 is 2.06 bits per heavy atom. The molecule has 0 bridgehead atoms. The number of rotatable bonds is 4. The SMILES string of the molecule is CCOC(=O)c1nc(C)cn1Cc1ccccc1. The zero-order chi connectivity index (χ0) is 13.0. The predicted molar refractivity (Wildman–Crippen MR) is 68.5 cm³/mol. The van der Waals surface area contributed by atoms with Gasteiger partial charge in [0.05, 0.1) is 12.3 Å². The van der Waals surface area contributed by atoms with Gasteiger partial charge in [-0.25, -0.2) is 9.78 Å². The molecule has 0 spiro atoms. The number of carbonyl (C=O) groups excluding carboxylic acids is 1. The van der Waals surface area contributed by atoms with Crippen molar-refractivity contribution in [1.29, 1.82) is 0 Å². The molecule has 94 valence electrons. The van der Waals surface area contributed by atoms with Crippen molar-refractivity contribution in [2.75, 3.05) is 6.61 Å². The lowest BCUT2D eigenvalue weighted by molar-refractivity contribution is 0.0507.